The van der Waals surface area contributed by atoms with E-state index in [0.717, 1.165) is 20.8 Å². The third-order valence-electron chi connectivity index (χ3n) is 1.83. The van der Waals surface area contributed by atoms with E-state index in [-0.39, 0.29) is 0 Å². The minimum Gasteiger partial charge on any atom is -0.508 e. The molecule has 0 aliphatic rings. The molecule has 1 heterocycles. The maximum atomic E-state index is 9.45. The highest BCUT2D eigenvalue weighted by atomic mass is 79.9. The first-order chi connectivity index (χ1) is 6.22. The van der Waals surface area contributed by atoms with Gasteiger partial charge in [0.25, 0.3) is 0 Å². The van der Waals surface area contributed by atoms with Crippen LogP contribution in [-0.2, 0) is 5.33 Å². The molecule has 2 aromatic rings. The molecule has 0 fully saturated rings. The van der Waals surface area contributed by atoms with Crippen LogP contribution in [0.2, 0.25) is 0 Å². The molecule has 1 aromatic carbocycles. The number of benzene rings is 1. The minimum atomic E-state index is 0.320. The molecule has 0 aliphatic carbocycles. The molecule has 4 heteroatoms. The maximum Gasteiger partial charge on any atom is 0.116 e. The van der Waals surface area contributed by atoms with Crippen molar-refractivity contribution in [2.24, 2.45) is 0 Å². The van der Waals surface area contributed by atoms with Crippen molar-refractivity contribution < 1.29 is 5.11 Å². The van der Waals surface area contributed by atoms with E-state index < -0.39 is 0 Å². The highest BCUT2D eigenvalue weighted by molar-refractivity contribution is 9.10. The standard InChI is InChI=1S/C9H6Br2OS/c10-3-5-1-6(12)2-7-8(11)4-13-9(5)7/h1-2,4,12H,3H2. The normalized spacial score (nSPS) is 10.9. The Labute approximate surface area is 96.6 Å². The predicted octanol–water partition coefficient (Wildman–Crippen LogP) is 4.26. The molecular weight excluding hydrogens is 316 g/mol. The third kappa shape index (κ3) is 1.63. The average Bonchev–Trinajstić information content (AvgIpc) is 2.47. The Bertz CT molecular complexity index is 450. The van der Waals surface area contributed by atoms with Crippen molar-refractivity contribution in [3.8, 4) is 5.75 Å². The Morgan fingerprint density at radius 3 is 2.85 bits per heavy atom. The number of phenolic OH excluding ortho intramolecular Hbond substituents is 1. The molecule has 2 rings (SSSR count). The lowest BCUT2D eigenvalue weighted by molar-refractivity contribution is 0.476. The lowest BCUT2D eigenvalue weighted by Gasteiger charge is -1.99. The first kappa shape index (κ1) is 9.49. The fraction of sp³-hybridized carbons (Fsp3) is 0.111. The number of thiophene rings is 1. The van der Waals surface area contributed by atoms with E-state index in [2.05, 4.69) is 31.9 Å². The van der Waals surface area contributed by atoms with Gasteiger partial charge in [0.15, 0.2) is 0 Å². The van der Waals surface area contributed by atoms with Crippen LogP contribution in [-0.4, -0.2) is 5.11 Å². The largest absolute Gasteiger partial charge is 0.508 e. The molecule has 1 N–H and O–H groups in total. The number of halogens is 2. The SMILES string of the molecule is Oc1cc(CBr)c2scc(Br)c2c1. The van der Waals surface area contributed by atoms with Crippen molar-refractivity contribution in [3.05, 3.63) is 27.5 Å². The summed E-state index contributed by atoms with van der Waals surface area (Å²) in [4.78, 5) is 0. The van der Waals surface area contributed by atoms with Gasteiger partial charge in [-0.2, -0.15) is 0 Å². The van der Waals surface area contributed by atoms with Gasteiger partial charge in [-0.25, -0.2) is 0 Å². The first-order valence-electron chi connectivity index (χ1n) is 3.67. The van der Waals surface area contributed by atoms with Crippen LogP contribution in [0.5, 0.6) is 5.75 Å². The van der Waals surface area contributed by atoms with Crippen molar-refractivity contribution in [2.45, 2.75) is 5.33 Å². The molecule has 0 radical (unpaired) electrons. The number of alkyl halides is 1. The van der Waals surface area contributed by atoms with E-state index in [1.165, 1.54) is 4.70 Å². The second-order valence-electron chi connectivity index (χ2n) is 2.70. The van der Waals surface area contributed by atoms with Crippen molar-refractivity contribution >= 4 is 53.3 Å². The summed E-state index contributed by atoms with van der Waals surface area (Å²) in [7, 11) is 0. The van der Waals surface area contributed by atoms with Gasteiger partial charge in [-0.15, -0.1) is 11.3 Å². The fourth-order valence-corrected chi connectivity index (χ4v) is 3.54. The number of hydrogen-bond acceptors (Lipinski definition) is 2. The van der Waals surface area contributed by atoms with Gasteiger partial charge in [-0.3, -0.25) is 0 Å². The van der Waals surface area contributed by atoms with E-state index in [1.54, 1.807) is 23.5 Å². The predicted molar refractivity (Wildman–Crippen MR) is 63.8 cm³/mol. The quantitative estimate of drug-likeness (QED) is 0.778. The molecule has 0 spiro atoms. The molecule has 1 nitrogen and oxygen atoms in total. The Balaban J connectivity index is 2.84. The van der Waals surface area contributed by atoms with Crippen molar-refractivity contribution in [1.29, 1.82) is 0 Å². The summed E-state index contributed by atoms with van der Waals surface area (Å²) in [6, 6.07) is 3.57. The summed E-state index contributed by atoms with van der Waals surface area (Å²) in [6.07, 6.45) is 0. The Morgan fingerprint density at radius 1 is 1.38 bits per heavy atom. The smallest absolute Gasteiger partial charge is 0.116 e. The van der Waals surface area contributed by atoms with E-state index in [0.29, 0.717) is 5.75 Å². The molecule has 0 bridgehead atoms. The zero-order valence-corrected chi connectivity index (χ0v) is 10.5. The van der Waals surface area contributed by atoms with Crippen LogP contribution < -0.4 is 0 Å². The summed E-state index contributed by atoms with van der Waals surface area (Å²) in [5.41, 5.74) is 1.13. The number of hydrogen-bond donors (Lipinski definition) is 1. The van der Waals surface area contributed by atoms with Crippen molar-refractivity contribution in [2.75, 3.05) is 0 Å². The monoisotopic (exact) mass is 320 g/mol. The lowest BCUT2D eigenvalue weighted by Crippen LogP contribution is -1.77. The van der Waals surface area contributed by atoms with Gasteiger partial charge in [-0.1, -0.05) is 15.9 Å². The van der Waals surface area contributed by atoms with E-state index >= 15 is 0 Å². The van der Waals surface area contributed by atoms with Crippen molar-refractivity contribution in [3.63, 3.8) is 0 Å². The fourth-order valence-electron chi connectivity index (χ4n) is 1.26. The van der Waals surface area contributed by atoms with Gasteiger partial charge >= 0.3 is 0 Å². The van der Waals surface area contributed by atoms with Gasteiger partial charge in [0.1, 0.15) is 5.75 Å². The summed E-state index contributed by atoms with van der Waals surface area (Å²) in [6.45, 7) is 0. The van der Waals surface area contributed by atoms with E-state index in [4.69, 9.17) is 0 Å². The number of phenols is 1. The van der Waals surface area contributed by atoms with Crippen LogP contribution in [0.15, 0.2) is 22.0 Å². The van der Waals surface area contributed by atoms with Gasteiger partial charge < -0.3 is 5.11 Å². The van der Waals surface area contributed by atoms with Gasteiger partial charge in [-0.05, 0) is 33.6 Å². The lowest BCUT2D eigenvalue weighted by atomic mass is 10.2. The Kier molecular flexibility index (Phi) is 2.62. The minimum absolute atomic E-state index is 0.320. The summed E-state index contributed by atoms with van der Waals surface area (Å²) in [5.74, 6) is 0.320. The number of fused-ring (bicyclic) bond motifs is 1. The van der Waals surface area contributed by atoms with Crippen LogP contribution in [0.1, 0.15) is 5.56 Å². The molecule has 0 amide bonds. The van der Waals surface area contributed by atoms with Crippen LogP contribution in [0, 0.1) is 0 Å². The van der Waals surface area contributed by atoms with Gasteiger partial charge in [0.2, 0.25) is 0 Å². The zero-order chi connectivity index (χ0) is 9.42. The van der Waals surface area contributed by atoms with E-state index in [9.17, 15) is 5.11 Å². The molecule has 0 saturated heterocycles. The number of rotatable bonds is 1. The molecule has 0 unspecified atom stereocenters. The molecule has 68 valence electrons. The van der Waals surface area contributed by atoms with E-state index in [1.807, 2.05) is 5.38 Å². The topological polar surface area (TPSA) is 20.2 Å². The summed E-state index contributed by atoms with van der Waals surface area (Å²) < 4.78 is 2.27. The zero-order valence-electron chi connectivity index (χ0n) is 6.55. The van der Waals surface area contributed by atoms with Gasteiger partial charge in [0.05, 0.1) is 0 Å². The van der Waals surface area contributed by atoms with Crippen LogP contribution >= 0.6 is 43.2 Å². The second-order valence-corrected chi connectivity index (χ2v) is 4.99. The molecule has 0 saturated carbocycles. The highest BCUT2D eigenvalue weighted by Crippen LogP contribution is 2.36. The Morgan fingerprint density at radius 2 is 2.15 bits per heavy atom. The average molecular weight is 322 g/mol. The van der Waals surface area contributed by atoms with Crippen LogP contribution in [0.4, 0.5) is 0 Å². The van der Waals surface area contributed by atoms with Gasteiger partial charge in [0, 0.05) is 25.3 Å². The molecule has 1 aromatic heterocycles. The molecule has 0 atom stereocenters. The number of aromatic hydroxyl groups is 1. The molecule has 13 heavy (non-hydrogen) atoms. The van der Waals surface area contributed by atoms with Crippen molar-refractivity contribution in [1.82, 2.24) is 0 Å². The third-order valence-corrected chi connectivity index (χ3v) is 4.47. The van der Waals surface area contributed by atoms with Crippen LogP contribution in [0.25, 0.3) is 10.1 Å². The second kappa shape index (κ2) is 3.59. The molecule has 0 aliphatic heterocycles. The first-order valence-corrected chi connectivity index (χ1v) is 6.46. The summed E-state index contributed by atoms with van der Waals surface area (Å²) in [5, 5.41) is 13.3. The summed E-state index contributed by atoms with van der Waals surface area (Å²) >= 11 is 8.54. The highest BCUT2D eigenvalue weighted by Gasteiger charge is 2.07. The molecular formula is C9H6Br2OS. The maximum absolute atomic E-state index is 9.45. The Hall–Kier alpha value is -0.0600. The van der Waals surface area contributed by atoms with Crippen LogP contribution in [0.3, 0.4) is 0 Å².